The molecule has 1 heterocycles. The normalized spacial score (nSPS) is 9.87. The highest BCUT2D eigenvalue weighted by Gasteiger charge is 2.05. The Bertz CT molecular complexity index is 324. The van der Waals surface area contributed by atoms with Crippen LogP contribution in [0.25, 0.3) is 0 Å². The Balaban J connectivity index is 2.10. The van der Waals surface area contributed by atoms with Crippen molar-refractivity contribution in [3.8, 4) is 0 Å². The number of hydrogen-bond donors (Lipinski definition) is 2. The Kier molecular flexibility index (Phi) is 4.76. The number of aromatic nitrogens is 1. The van der Waals surface area contributed by atoms with Crippen molar-refractivity contribution >= 4 is 23.2 Å². The summed E-state index contributed by atoms with van der Waals surface area (Å²) >= 11 is 1.28. The van der Waals surface area contributed by atoms with E-state index in [4.69, 9.17) is 5.11 Å². The predicted molar refractivity (Wildman–Crippen MR) is 55.9 cm³/mol. The van der Waals surface area contributed by atoms with E-state index in [1.54, 1.807) is 5.51 Å². The number of unbranched alkanes of at least 4 members (excludes halogenated alkanes) is 1. The van der Waals surface area contributed by atoms with Gasteiger partial charge in [0.2, 0.25) is 0 Å². The number of rotatable bonds is 6. The standard InChI is InChI=1S/C9H12N2O3S/c12-8(13)3-1-2-4-11-9(14)7-5-10-6-15-7/h5-6H,1-4H2,(H,11,14)(H,12,13). The fraction of sp³-hybridized carbons (Fsp3) is 0.444. The zero-order valence-electron chi connectivity index (χ0n) is 8.10. The highest BCUT2D eigenvalue weighted by molar-refractivity contribution is 7.11. The van der Waals surface area contributed by atoms with E-state index < -0.39 is 5.97 Å². The monoisotopic (exact) mass is 228 g/mol. The van der Waals surface area contributed by atoms with Gasteiger partial charge in [-0.2, -0.15) is 0 Å². The molecule has 1 aromatic heterocycles. The van der Waals surface area contributed by atoms with E-state index in [-0.39, 0.29) is 12.3 Å². The van der Waals surface area contributed by atoms with Crippen LogP contribution in [0, 0.1) is 0 Å². The molecule has 0 unspecified atom stereocenters. The summed E-state index contributed by atoms with van der Waals surface area (Å²) in [5.74, 6) is -0.948. The van der Waals surface area contributed by atoms with Crippen molar-refractivity contribution in [3.63, 3.8) is 0 Å². The van der Waals surface area contributed by atoms with Gasteiger partial charge in [-0.1, -0.05) is 0 Å². The Morgan fingerprint density at radius 1 is 1.47 bits per heavy atom. The van der Waals surface area contributed by atoms with Gasteiger partial charge in [-0.3, -0.25) is 14.6 Å². The summed E-state index contributed by atoms with van der Waals surface area (Å²) in [5, 5.41) is 11.1. The molecule has 0 atom stereocenters. The number of carboxylic acids is 1. The average molecular weight is 228 g/mol. The van der Waals surface area contributed by atoms with Gasteiger partial charge in [0.05, 0.1) is 11.7 Å². The summed E-state index contributed by atoms with van der Waals surface area (Å²) in [7, 11) is 0. The summed E-state index contributed by atoms with van der Waals surface area (Å²) in [6.07, 6.45) is 2.92. The van der Waals surface area contributed by atoms with Crippen LogP contribution in [0.15, 0.2) is 11.7 Å². The minimum Gasteiger partial charge on any atom is -0.481 e. The lowest BCUT2D eigenvalue weighted by Gasteiger charge is -2.01. The van der Waals surface area contributed by atoms with Crippen molar-refractivity contribution in [2.75, 3.05) is 6.54 Å². The Labute approximate surface area is 91.1 Å². The molecule has 1 rings (SSSR count). The quantitative estimate of drug-likeness (QED) is 0.715. The first-order valence-corrected chi connectivity index (χ1v) is 5.46. The van der Waals surface area contributed by atoms with E-state index >= 15 is 0 Å². The molecule has 2 N–H and O–H groups in total. The van der Waals surface area contributed by atoms with E-state index in [2.05, 4.69) is 10.3 Å². The SMILES string of the molecule is O=C(O)CCCCNC(=O)c1cncs1. The second kappa shape index (κ2) is 6.13. The molecule has 0 fully saturated rings. The molecule has 82 valence electrons. The molecule has 0 bridgehead atoms. The maximum atomic E-state index is 11.3. The molecule has 5 nitrogen and oxygen atoms in total. The van der Waals surface area contributed by atoms with E-state index in [0.717, 1.165) is 0 Å². The fourth-order valence-electron chi connectivity index (χ4n) is 1.02. The highest BCUT2D eigenvalue weighted by atomic mass is 32.1. The van der Waals surface area contributed by atoms with Crippen molar-refractivity contribution < 1.29 is 14.7 Å². The predicted octanol–water partition coefficient (Wildman–Crippen LogP) is 1.13. The maximum Gasteiger partial charge on any atom is 0.303 e. The van der Waals surface area contributed by atoms with E-state index in [0.29, 0.717) is 24.3 Å². The zero-order chi connectivity index (χ0) is 11.1. The molecule has 0 saturated heterocycles. The van der Waals surface area contributed by atoms with Crippen LogP contribution in [0.3, 0.4) is 0 Å². The lowest BCUT2D eigenvalue weighted by Crippen LogP contribution is -2.23. The van der Waals surface area contributed by atoms with Crippen molar-refractivity contribution in [2.45, 2.75) is 19.3 Å². The number of thiazole rings is 1. The first-order valence-electron chi connectivity index (χ1n) is 4.58. The Morgan fingerprint density at radius 2 is 2.27 bits per heavy atom. The molecule has 0 radical (unpaired) electrons. The van der Waals surface area contributed by atoms with Crippen LogP contribution in [-0.4, -0.2) is 28.5 Å². The van der Waals surface area contributed by atoms with Gasteiger partial charge in [0.15, 0.2) is 0 Å². The van der Waals surface area contributed by atoms with Crippen LogP contribution in [0.4, 0.5) is 0 Å². The van der Waals surface area contributed by atoms with Crippen LogP contribution in [0.5, 0.6) is 0 Å². The van der Waals surface area contributed by atoms with E-state index in [1.165, 1.54) is 17.5 Å². The van der Waals surface area contributed by atoms with Gasteiger partial charge in [-0.25, -0.2) is 0 Å². The molecular weight excluding hydrogens is 216 g/mol. The van der Waals surface area contributed by atoms with Crippen LogP contribution in [-0.2, 0) is 4.79 Å². The molecule has 0 aliphatic heterocycles. The van der Waals surface area contributed by atoms with Gasteiger partial charge in [-0.05, 0) is 12.8 Å². The molecule has 0 aliphatic carbocycles. The Hall–Kier alpha value is -1.43. The first kappa shape index (κ1) is 11.6. The molecule has 1 amide bonds. The summed E-state index contributed by atoms with van der Waals surface area (Å²) in [5.41, 5.74) is 1.60. The van der Waals surface area contributed by atoms with E-state index in [1.807, 2.05) is 0 Å². The number of carbonyl (C=O) groups excluding carboxylic acids is 1. The number of carboxylic acid groups (broad SMARTS) is 1. The molecular formula is C9H12N2O3S. The number of nitrogens with one attached hydrogen (secondary N) is 1. The van der Waals surface area contributed by atoms with Gasteiger partial charge < -0.3 is 10.4 Å². The van der Waals surface area contributed by atoms with Gasteiger partial charge in [-0.15, -0.1) is 11.3 Å². The van der Waals surface area contributed by atoms with Crippen molar-refractivity contribution in [3.05, 3.63) is 16.6 Å². The molecule has 15 heavy (non-hydrogen) atoms. The minimum absolute atomic E-state index is 0.146. The minimum atomic E-state index is -0.802. The number of carbonyl (C=O) groups is 2. The average Bonchev–Trinajstić information content (AvgIpc) is 2.69. The molecule has 0 saturated carbocycles. The van der Waals surface area contributed by atoms with Crippen molar-refractivity contribution in [1.82, 2.24) is 10.3 Å². The lowest BCUT2D eigenvalue weighted by atomic mass is 10.2. The van der Waals surface area contributed by atoms with Gasteiger partial charge >= 0.3 is 5.97 Å². The summed E-state index contributed by atoms with van der Waals surface area (Å²) in [6.45, 7) is 0.504. The molecule has 6 heteroatoms. The molecule has 0 spiro atoms. The smallest absolute Gasteiger partial charge is 0.303 e. The largest absolute Gasteiger partial charge is 0.481 e. The fourth-order valence-corrected chi connectivity index (χ4v) is 1.55. The number of aliphatic carboxylic acids is 1. The summed E-state index contributed by atoms with van der Waals surface area (Å²) < 4.78 is 0. The first-order chi connectivity index (χ1) is 7.20. The third-order valence-corrected chi connectivity index (χ3v) is 2.53. The summed E-state index contributed by atoms with van der Waals surface area (Å²) in [4.78, 5) is 25.9. The van der Waals surface area contributed by atoms with Crippen molar-refractivity contribution in [1.29, 1.82) is 0 Å². The van der Waals surface area contributed by atoms with Crippen LogP contribution in [0.2, 0.25) is 0 Å². The lowest BCUT2D eigenvalue weighted by molar-refractivity contribution is -0.137. The van der Waals surface area contributed by atoms with Gasteiger partial charge in [0.1, 0.15) is 4.88 Å². The third-order valence-electron chi connectivity index (χ3n) is 1.76. The molecule has 0 aliphatic rings. The summed E-state index contributed by atoms with van der Waals surface area (Å²) in [6, 6.07) is 0. The Morgan fingerprint density at radius 3 is 2.87 bits per heavy atom. The maximum absolute atomic E-state index is 11.3. The van der Waals surface area contributed by atoms with Gasteiger partial charge in [0, 0.05) is 13.0 Å². The third kappa shape index (κ3) is 4.55. The van der Waals surface area contributed by atoms with Gasteiger partial charge in [0.25, 0.3) is 5.91 Å². The molecule has 0 aromatic carbocycles. The number of amides is 1. The van der Waals surface area contributed by atoms with Crippen LogP contribution in [0.1, 0.15) is 28.9 Å². The zero-order valence-corrected chi connectivity index (χ0v) is 8.92. The number of hydrogen-bond acceptors (Lipinski definition) is 4. The molecule has 1 aromatic rings. The van der Waals surface area contributed by atoms with Crippen LogP contribution >= 0.6 is 11.3 Å². The second-order valence-electron chi connectivity index (χ2n) is 2.97. The topological polar surface area (TPSA) is 79.3 Å². The number of nitrogens with zero attached hydrogens (tertiary/aromatic N) is 1. The highest BCUT2D eigenvalue weighted by Crippen LogP contribution is 2.04. The van der Waals surface area contributed by atoms with Crippen LogP contribution < -0.4 is 5.32 Å². The van der Waals surface area contributed by atoms with Crippen molar-refractivity contribution in [2.24, 2.45) is 0 Å². The van der Waals surface area contributed by atoms with E-state index in [9.17, 15) is 9.59 Å². The second-order valence-corrected chi connectivity index (χ2v) is 3.86.